The van der Waals surface area contributed by atoms with E-state index < -0.39 is 0 Å². The number of nitrogens with zero attached hydrogens (tertiary/aromatic N) is 2. The highest BCUT2D eigenvalue weighted by atomic mass is 79.9. The Balaban J connectivity index is 3.06. The van der Waals surface area contributed by atoms with Gasteiger partial charge in [0.1, 0.15) is 16.4 Å². The summed E-state index contributed by atoms with van der Waals surface area (Å²) in [5.41, 5.74) is 0.407. The Labute approximate surface area is 70.0 Å². The van der Waals surface area contributed by atoms with E-state index in [9.17, 15) is 4.79 Å². The second-order valence-electron chi connectivity index (χ2n) is 2.07. The zero-order valence-electron chi connectivity index (χ0n) is 5.41. The maximum Gasteiger partial charge on any atom is 0.275 e. The smallest absolute Gasteiger partial charge is 0.275 e. The van der Waals surface area contributed by atoms with Gasteiger partial charge in [-0.2, -0.15) is 5.10 Å². The van der Waals surface area contributed by atoms with Crippen LogP contribution in [0.4, 0.5) is 0 Å². The Bertz CT molecular complexity index is 444. The van der Waals surface area contributed by atoms with Gasteiger partial charge in [0.15, 0.2) is 0 Å². The van der Waals surface area contributed by atoms with Crippen LogP contribution in [0, 0.1) is 0 Å². The lowest BCUT2D eigenvalue weighted by atomic mass is 10.5. The van der Waals surface area contributed by atoms with Crippen LogP contribution in [0.3, 0.4) is 0 Å². The first-order valence-electron chi connectivity index (χ1n) is 3.00. The van der Waals surface area contributed by atoms with Gasteiger partial charge in [-0.25, -0.2) is 4.52 Å². The molecule has 0 fully saturated rings. The Morgan fingerprint density at radius 1 is 1.55 bits per heavy atom. The lowest BCUT2D eigenvalue weighted by Crippen LogP contribution is -2.09. The fraction of sp³-hybridized carbons (Fsp3) is 0. The summed E-state index contributed by atoms with van der Waals surface area (Å²) in [6, 6.07) is 3.48. The number of hydrogen-bond donors (Lipinski definition) is 1. The number of aromatic amines is 1. The van der Waals surface area contributed by atoms with Crippen LogP contribution >= 0.6 is 15.9 Å². The number of halogens is 1. The van der Waals surface area contributed by atoms with Crippen LogP contribution < -0.4 is 5.56 Å². The monoisotopic (exact) mass is 213 g/mol. The van der Waals surface area contributed by atoms with Gasteiger partial charge in [-0.3, -0.25) is 4.79 Å². The molecule has 56 valence electrons. The van der Waals surface area contributed by atoms with Crippen LogP contribution in [0.5, 0.6) is 0 Å². The molecule has 11 heavy (non-hydrogen) atoms. The molecule has 0 radical (unpaired) electrons. The van der Waals surface area contributed by atoms with Crippen molar-refractivity contribution < 1.29 is 0 Å². The van der Waals surface area contributed by atoms with E-state index in [1.54, 1.807) is 12.1 Å². The molecule has 0 atom stereocenters. The molecule has 0 saturated heterocycles. The lowest BCUT2D eigenvalue weighted by molar-refractivity contribution is 0.872. The minimum absolute atomic E-state index is 0.134. The Morgan fingerprint density at radius 3 is 3.09 bits per heavy atom. The second-order valence-corrected chi connectivity index (χ2v) is 2.88. The topological polar surface area (TPSA) is 50.2 Å². The van der Waals surface area contributed by atoms with E-state index in [2.05, 4.69) is 26.0 Å². The van der Waals surface area contributed by atoms with Crippen molar-refractivity contribution in [3.63, 3.8) is 0 Å². The van der Waals surface area contributed by atoms with Gasteiger partial charge in [-0.15, -0.1) is 0 Å². The third kappa shape index (κ3) is 0.883. The van der Waals surface area contributed by atoms with Crippen molar-refractivity contribution >= 4 is 21.4 Å². The molecule has 0 bridgehead atoms. The van der Waals surface area contributed by atoms with Crippen LogP contribution in [0.2, 0.25) is 0 Å². The van der Waals surface area contributed by atoms with Crippen molar-refractivity contribution in [3.8, 4) is 0 Å². The van der Waals surface area contributed by atoms with E-state index >= 15 is 0 Å². The largest absolute Gasteiger partial charge is 0.310 e. The molecule has 2 rings (SSSR count). The number of hydrogen-bond acceptors (Lipinski definition) is 2. The minimum atomic E-state index is -0.134. The fourth-order valence-corrected chi connectivity index (χ4v) is 1.33. The molecule has 5 heteroatoms. The maximum atomic E-state index is 11.1. The highest BCUT2D eigenvalue weighted by molar-refractivity contribution is 9.10. The highest BCUT2D eigenvalue weighted by Gasteiger charge is 2.00. The molecule has 0 aliphatic rings. The number of rotatable bonds is 0. The van der Waals surface area contributed by atoms with Crippen LogP contribution in [-0.4, -0.2) is 14.6 Å². The van der Waals surface area contributed by atoms with Gasteiger partial charge in [0, 0.05) is 0 Å². The Hall–Kier alpha value is -1.10. The van der Waals surface area contributed by atoms with Gasteiger partial charge >= 0.3 is 0 Å². The number of aromatic nitrogens is 3. The SMILES string of the molecule is O=c1[nH]cnn2c(Br)ccc12. The van der Waals surface area contributed by atoms with Gasteiger partial charge in [0.2, 0.25) is 0 Å². The molecule has 4 nitrogen and oxygen atoms in total. The van der Waals surface area contributed by atoms with E-state index in [-0.39, 0.29) is 5.56 Å². The third-order valence-electron chi connectivity index (χ3n) is 1.41. The fourth-order valence-electron chi connectivity index (χ4n) is 0.912. The first-order chi connectivity index (χ1) is 5.29. The summed E-state index contributed by atoms with van der Waals surface area (Å²) in [6.45, 7) is 0. The third-order valence-corrected chi connectivity index (χ3v) is 2.01. The Morgan fingerprint density at radius 2 is 2.36 bits per heavy atom. The zero-order chi connectivity index (χ0) is 7.84. The standard InChI is InChI=1S/C6H4BrN3O/c7-5-2-1-4-6(11)8-3-9-10(4)5/h1-3H,(H,8,9,11). The quantitative estimate of drug-likeness (QED) is 0.704. The lowest BCUT2D eigenvalue weighted by Gasteiger charge is -1.90. The van der Waals surface area contributed by atoms with Crippen LogP contribution in [0.25, 0.3) is 5.52 Å². The van der Waals surface area contributed by atoms with Crippen LogP contribution in [-0.2, 0) is 0 Å². The van der Waals surface area contributed by atoms with E-state index in [0.29, 0.717) is 5.52 Å². The highest BCUT2D eigenvalue weighted by Crippen LogP contribution is 2.09. The molecule has 0 unspecified atom stereocenters. The predicted molar refractivity (Wildman–Crippen MR) is 43.5 cm³/mol. The molecule has 2 aromatic rings. The van der Waals surface area contributed by atoms with Crippen molar-refractivity contribution in [1.29, 1.82) is 0 Å². The maximum absolute atomic E-state index is 11.1. The van der Waals surface area contributed by atoms with E-state index in [1.807, 2.05) is 0 Å². The molecule has 0 aliphatic heterocycles. The number of fused-ring (bicyclic) bond motifs is 1. The Kier molecular flexibility index (Phi) is 1.32. The summed E-state index contributed by atoms with van der Waals surface area (Å²) in [6.07, 6.45) is 1.36. The number of nitrogens with one attached hydrogen (secondary N) is 1. The van der Waals surface area contributed by atoms with Gasteiger partial charge in [-0.1, -0.05) is 0 Å². The van der Waals surface area contributed by atoms with Crippen LogP contribution in [0.15, 0.2) is 27.9 Å². The summed E-state index contributed by atoms with van der Waals surface area (Å²) in [7, 11) is 0. The van der Waals surface area contributed by atoms with Gasteiger partial charge < -0.3 is 4.98 Å². The minimum Gasteiger partial charge on any atom is -0.310 e. The average Bonchev–Trinajstić information content (AvgIpc) is 2.35. The van der Waals surface area contributed by atoms with Crippen molar-refractivity contribution in [2.24, 2.45) is 0 Å². The molecule has 0 amide bonds. The summed E-state index contributed by atoms with van der Waals surface area (Å²) < 4.78 is 2.30. The summed E-state index contributed by atoms with van der Waals surface area (Å²) in [5, 5.41) is 3.92. The summed E-state index contributed by atoms with van der Waals surface area (Å²) >= 11 is 3.25. The van der Waals surface area contributed by atoms with Gasteiger partial charge in [0.25, 0.3) is 5.56 Å². The average molecular weight is 214 g/mol. The normalized spacial score (nSPS) is 10.6. The molecule has 0 aromatic carbocycles. The molecule has 2 heterocycles. The second kappa shape index (κ2) is 2.20. The molecular weight excluding hydrogens is 210 g/mol. The first kappa shape index (κ1) is 6.60. The van der Waals surface area contributed by atoms with Crippen molar-refractivity contribution in [3.05, 3.63) is 33.4 Å². The predicted octanol–water partition coefficient (Wildman–Crippen LogP) is 0.785. The van der Waals surface area contributed by atoms with E-state index in [1.165, 1.54) is 10.8 Å². The number of H-pyrrole nitrogens is 1. The molecule has 0 saturated carbocycles. The summed E-state index contributed by atoms with van der Waals surface area (Å²) in [5.74, 6) is 0. The first-order valence-corrected chi connectivity index (χ1v) is 3.79. The summed E-state index contributed by atoms with van der Waals surface area (Å²) in [4.78, 5) is 13.5. The van der Waals surface area contributed by atoms with Gasteiger partial charge in [0.05, 0.1) is 0 Å². The molecule has 0 aliphatic carbocycles. The van der Waals surface area contributed by atoms with Crippen molar-refractivity contribution in [2.45, 2.75) is 0 Å². The van der Waals surface area contributed by atoms with Crippen molar-refractivity contribution in [2.75, 3.05) is 0 Å². The molecule has 0 spiro atoms. The van der Waals surface area contributed by atoms with Crippen molar-refractivity contribution in [1.82, 2.24) is 14.6 Å². The zero-order valence-corrected chi connectivity index (χ0v) is 7.00. The van der Waals surface area contributed by atoms with E-state index in [0.717, 1.165) is 4.60 Å². The molecule has 2 aromatic heterocycles. The molecule has 1 N–H and O–H groups in total. The van der Waals surface area contributed by atoms with Crippen LogP contribution in [0.1, 0.15) is 0 Å². The van der Waals surface area contributed by atoms with Gasteiger partial charge in [-0.05, 0) is 28.1 Å². The van der Waals surface area contributed by atoms with E-state index in [4.69, 9.17) is 0 Å². The molecular formula is C6H4BrN3O.